The van der Waals surface area contributed by atoms with Gasteiger partial charge in [0.05, 0.1) is 0 Å². The molecule has 0 radical (unpaired) electrons. The number of carbonyl (C=O) groups is 1. The van der Waals surface area contributed by atoms with Crippen LogP contribution in [0, 0.1) is 0 Å². The van der Waals surface area contributed by atoms with Crippen LogP contribution < -0.4 is 15.6 Å². The van der Waals surface area contributed by atoms with Gasteiger partial charge in [0.15, 0.2) is 5.70 Å². The number of hydrogen-bond donors (Lipinski definition) is 3. The summed E-state index contributed by atoms with van der Waals surface area (Å²) in [6.45, 7) is 4.02. The first-order chi connectivity index (χ1) is 9.45. The molecule has 6 heteroatoms. The monoisotopic (exact) mass is 275 g/mol. The van der Waals surface area contributed by atoms with Crippen LogP contribution in [0.5, 0.6) is 5.75 Å². The quantitative estimate of drug-likeness (QED) is 0.776. The Kier molecular flexibility index (Phi) is 3.95. The molecule has 6 nitrogen and oxygen atoms in total. The van der Waals surface area contributed by atoms with Crippen molar-refractivity contribution in [2.45, 2.75) is 13.8 Å². The summed E-state index contributed by atoms with van der Waals surface area (Å²) in [4.78, 5) is 11.1. The SMILES string of the molecule is CC(C)=Cc1cccc(OC2=C(C(=O)O)NN(C)N2)c1. The highest BCUT2D eigenvalue weighted by atomic mass is 16.5. The summed E-state index contributed by atoms with van der Waals surface area (Å²) in [7, 11) is 1.65. The van der Waals surface area contributed by atoms with Gasteiger partial charge in [-0.05, 0) is 31.5 Å². The minimum absolute atomic E-state index is 0.0277. The van der Waals surface area contributed by atoms with Crippen LogP contribution in [0.25, 0.3) is 6.08 Å². The zero-order valence-corrected chi connectivity index (χ0v) is 11.6. The van der Waals surface area contributed by atoms with Gasteiger partial charge in [0.1, 0.15) is 5.75 Å². The molecule has 1 aliphatic rings. The first-order valence-electron chi connectivity index (χ1n) is 6.13. The van der Waals surface area contributed by atoms with Crippen LogP contribution in [0.4, 0.5) is 0 Å². The van der Waals surface area contributed by atoms with E-state index >= 15 is 0 Å². The van der Waals surface area contributed by atoms with Gasteiger partial charge < -0.3 is 9.84 Å². The Morgan fingerprint density at radius 3 is 2.75 bits per heavy atom. The van der Waals surface area contributed by atoms with Crippen molar-refractivity contribution < 1.29 is 14.6 Å². The van der Waals surface area contributed by atoms with E-state index in [-0.39, 0.29) is 11.6 Å². The first kappa shape index (κ1) is 14.0. The minimum atomic E-state index is -1.09. The summed E-state index contributed by atoms with van der Waals surface area (Å²) in [6.07, 6.45) is 2.02. The number of rotatable bonds is 4. The second-order valence-corrected chi connectivity index (χ2v) is 4.69. The standard InChI is InChI=1S/C14H17N3O3/c1-9(2)7-10-5-4-6-11(8-10)20-13-12(14(18)19)15-17(3)16-13/h4-8,15-16H,1-3H3,(H,18,19). The second kappa shape index (κ2) is 5.66. The largest absolute Gasteiger partial charge is 0.476 e. The minimum Gasteiger partial charge on any atom is -0.476 e. The number of nitrogens with zero attached hydrogens (tertiary/aromatic N) is 1. The Morgan fingerprint density at radius 1 is 1.35 bits per heavy atom. The molecule has 1 aliphatic heterocycles. The zero-order chi connectivity index (χ0) is 14.7. The van der Waals surface area contributed by atoms with Gasteiger partial charge in [0.2, 0.25) is 5.88 Å². The maximum atomic E-state index is 11.1. The summed E-state index contributed by atoms with van der Waals surface area (Å²) in [5, 5.41) is 10.5. The van der Waals surface area contributed by atoms with E-state index in [4.69, 9.17) is 9.84 Å². The average Bonchev–Trinajstić information content (AvgIpc) is 2.70. The van der Waals surface area contributed by atoms with Crippen LogP contribution in [-0.4, -0.2) is 23.2 Å². The highest BCUT2D eigenvalue weighted by Gasteiger charge is 2.25. The van der Waals surface area contributed by atoms with Crippen molar-refractivity contribution >= 4 is 12.0 Å². The van der Waals surface area contributed by atoms with Crippen LogP contribution in [0.3, 0.4) is 0 Å². The fourth-order valence-corrected chi connectivity index (χ4v) is 1.79. The van der Waals surface area contributed by atoms with Crippen molar-refractivity contribution in [1.29, 1.82) is 0 Å². The Morgan fingerprint density at radius 2 is 2.10 bits per heavy atom. The van der Waals surface area contributed by atoms with Gasteiger partial charge in [-0.15, -0.1) is 5.12 Å². The van der Waals surface area contributed by atoms with Gasteiger partial charge in [-0.2, -0.15) is 0 Å². The topological polar surface area (TPSA) is 73.8 Å². The average molecular weight is 275 g/mol. The molecule has 0 aliphatic carbocycles. The van der Waals surface area contributed by atoms with Crippen LogP contribution in [0.2, 0.25) is 0 Å². The molecule has 0 bridgehead atoms. The summed E-state index contributed by atoms with van der Waals surface area (Å²) in [5.74, 6) is -0.356. The zero-order valence-electron chi connectivity index (χ0n) is 11.6. The Labute approximate surface area is 117 Å². The fourth-order valence-electron chi connectivity index (χ4n) is 1.79. The summed E-state index contributed by atoms with van der Waals surface area (Å²) >= 11 is 0. The summed E-state index contributed by atoms with van der Waals surface area (Å²) < 4.78 is 5.60. The molecular formula is C14H17N3O3. The molecule has 3 N–H and O–H groups in total. The van der Waals surface area contributed by atoms with Gasteiger partial charge in [0, 0.05) is 7.05 Å². The molecule has 106 valence electrons. The predicted octanol–water partition coefficient (Wildman–Crippen LogP) is 1.70. The molecule has 1 aromatic carbocycles. The van der Waals surface area contributed by atoms with Crippen molar-refractivity contribution in [3.8, 4) is 5.75 Å². The molecule has 0 saturated heterocycles. The molecule has 0 aromatic heterocycles. The lowest BCUT2D eigenvalue weighted by molar-refractivity contribution is -0.133. The van der Waals surface area contributed by atoms with Gasteiger partial charge in [0.25, 0.3) is 0 Å². The molecule has 0 amide bonds. The maximum absolute atomic E-state index is 11.1. The van der Waals surface area contributed by atoms with Crippen LogP contribution in [0.1, 0.15) is 19.4 Å². The smallest absolute Gasteiger partial charge is 0.359 e. The molecular weight excluding hydrogens is 258 g/mol. The van der Waals surface area contributed by atoms with Crippen molar-refractivity contribution in [2.75, 3.05) is 7.05 Å². The molecule has 0 spiro atoms. The highest BCUT2D eigenvalue weighted by molar-refractivity contribution is 5.86. The number of hydrogen-bond acceptors (Lipinski definition) is 5. The van der Waals surface area contributed by atoms with Gasteiger partial charge in [-0.1, -0.05) is 23.8 Å². The number of aliphatic carboxylic acids is 1. The Balaban J connectivity index is 2.23. The third kappa shape index (κ3) is 3.30. The van der Waals surface area contributed by atoms with Crippen LogP contribution >= 0.6 is 0 Å². The Bertz CT molecular complexity index is 589. The second-order valence-electron chi connectivity index (χ2n) is 4.69. The third-order valence-electron chi connectivity index (χ3n) is 2.52. The van der Waals surface area contributed by atoms with E-state index in [2.05, 4.69) is 10.9 Å². The van der Waals surface area contributed by atoms with Crippen molar-refractivity contribution in [3.63, 3.8) is 0 Å². The van der Waals surface area contributed by atoms with Gasteiger partial charge in [-0.25, -0.2) is 4.79 Å². The van der Waals surface area contributed by atoms with Crippen molar-refractivity contribution in [2.24, 2.45) is 0 Å². The third-order valence-corrected chi connectivity index (χ3v) is 2.52. The van der Waals surface area contributed by atoms with Crippen molar-refractivity contribution in [3.05, 3.63) is 47.0 Å². The Hall–Kier alpha value is -2.47. The summed E-state index contributed by atoms with van der Waals surface area (Å²) in [5.41, 5.74) is 7.56. The van der Waals surface area contributed by atoms with Crippen molar-refractivity contribution in [1.82, 2.24) is 16.0 Å². The normalized spacial score (nSPS) is 14.6. The van der Waals surface area contributed by atoms with E-state index in [1.165, 1.54) is 10.7 Å². The lowest BCUT2D eigenvalue weighted by Crippen LogP contribution is -2.37. The number of hydrazine groups is 2. The van der Waals surface area contributed by atoms with Crippen LogP contribution in [-0.2, 0) is 4.79 Å². The van der Waals surface area contributed by atoms with Gasteiger partial charge in [-0.3, -0.25) is 10.9 Å². The fraction of sp³-hybridized carbons (Fsp3) is 0.214. The van der Waals surface area contributed by atoms with E-state index in [9.17, 15) is 4.79 Å². The number of carboxylic acid groups (broad SMARTS) is 1. The summed E-state index contributed by atoms with van der Waals surface area (Å²) in [6, 6.07) is 7.43. The lowest BCUT2D eigenvalue weighted by atomic mass is 10.1. The highest BCUT2D eigenvalue weighted by Crippen LogP contribution is 2.19. The predicted molar refractivity (Wildman–Crippen MR) is 75.1 cm³/mol. The van der Waals surface area contributed by atoms with E-state index in [1.807, 2.05) is 38.1 Å². The molecule has 1 aromatic rings. The lowest BCUT2D eigenvalue weighted by Gasteiger charge is -2.11. The van der Waals surface area contributed by atoms with E-state index < -0.39 is 5.97 Å². The number of allylic oxidation sites excluding steroid dienone is 1. The van der Waals surface area contributed by atoms with E-state index in [1.54, 1.807) is 13.1 Å². The maximum Gasteiger partial charge on any atom is 0.359 e. The molecule has 0 saturated carbocycles. The number of nitrogens with one attached hydrogen (secondary N) is 2. The number of benzene rings is 1. The molecule has 1 heterocycles. The number of ether oxygens (including phenoxy) is 1. The molecule has 0 atom stereocenters. The first-order valence-corrected chi connectivity index (χ1v) is 6.13. The molecule has 20 heavy (non-hydrogen) atoms. The molecule has 0 fully saturated rings. The van der Waals surface area contributed by atoms with Crippen LogP contribution in [0.15, 0.2) is 41.4 Å². The van der Waals surface area contributed by atoms with E-state index in [0.29, 0.717) is 5.75 Å². The van der Waals surface area contributed by atoms with E-state index in [0.717, 1.165) is 5.56 Å². The molecule has 0 unspecified atom stereocenters. The number of carboxylic acids is 1. The van der Waals surface area contributed by atoms with Gasteiger partial charge >= 0.3 is 5.97 Å². The molecule has 2 rings (SSSR count).